The van der Waals surface area contributed by atoms with E-state index < -0.39 is 0 Å². The van der Waals surface area contributed by atoms with Gasteiger partial charge in [-0.3, -0.25) is 4.99 Å². The van der Waals surface area contributed by atoms with Crippen molar-refractivity contribution in [3.05, 3.63) is 29.8 Å². The fraction of sp³-hybridized carbons (Fsp3) is 0.667. The summed E-state index contributed by atoms with van der Waals surface area (Å²) in [5, 5.41) is 3.41. The van der Waals surface area contributed by atoms with Crippen LogP contribution in [0, 0.1) is 5.92 Å². The van der Waals surface area contributed by atoms with Crippen LogP contribution in [0.3, 0.4) is 0 Å². The third kappa shape index (κ3) is 7.24. The van der Waals surface area contributed by atoms with Crippen LogP contribution < -0.4 is 10.1 Å². The summed E-state index contributed by atoms with van der Waals surface area (Å²) in [4.78, 5) is 7.07. The van der Waals surface area contributed by atoms with Crippen molar-refractivity contribution >= 4 is 5.96 Å². The van der Waals surface area contributed by atoms with Gasteiger partial charge in [-0.2, -0.15) is 0 Å². The van der Waals surface area contributed by atoms with Crippen LogP contribution >= 0.6 is 0 Å². The van der Waals surface area contributed by atoms with Gasteiger partial charge in [0.1, 0.15) is 5.75 Å². The lowest BCUT2D eigenvalue weighted by Crippen LogP contribution is -2.40. The molecule has 0 bridgehead atoms. The van der Waals surface area contributed by atoms with Gasteiger partial charge in [-0.05, 0) is 63.1 Å². The van der Waals surface area contributed by atoms with Gasteiger partial charge >= 0.3 is 0 Å². The van der Waals surface area contributed by atoms with Crippen LogP contribution in [-0.2, 0) is 11.2 Å². The van der Waals surface area contributed by atoms with Gasteiger partial charge in [0, 0.05) is 39.9 Å². The van der Waals surface area contributed by atoms with Gasteiger partial charge in [0.2, 0.25) is 0 Å². The molecule has 2 rings (SSSR count). The molecule has 0 amide bonds. The highest BCUT2D eigenvalue weighted by atomic mass is 16.5. The number of nitrogens with one attached hydrogen (secondary N) is 1. The largest absolute Gasteiger partial charge is 0.494 e. The van der Waals surface area contributed by atoms with Gasteiger partial charge in [0.25, 0.3) is 0 Å². The highest BCUT2D eigenvalue weighted by molar-refractivity contribution is 5.79. The maximum atomic E-state index is 5.57. The Morgan fingerprint density at radius 1 is 1.31 bits per heavy atom. The third-order valence-electron chi connectivity index (χ3n) is 4.78. The van der Waals surface area contributed by atoms with E-state index in [0.29, 0.717) is 6.61 Å². The summed E-state index contributed by atoms with van der Waals surface area (Å²) in [5.41, 5.74) is 1.26. The molecule has 0 aromatic heterocycles. The van der Waals surface area contributed by atoms with E-state index in [1.54, 1.807) is 0 Å². The molecule has 1 fully saturated rings. The maximum Gasteiger partial charge on any atom is 0.193 e. The highest BCUT2D eigenvalue weighted by Gasteiger charge is 2.15. The molecule has 1 aromatic carbocycles. The molecule has 0 atom stereocenters. The molecule has 1 N–H and O–H groups in total. The standard InChI is InChI=1S/C21H35N3O2/c1-4-22-21(24(3)14-10-18-11-15-25-16-12-18)23-13-9-19-7-6-8-20(17-19)26-5-2/h6-8,17-18H,4-5,9-16H2,1-3H3,(H,22,23). The van der Waals surface area contributed by atoms with E-state index in [9.17, 15) is 0 Å². The van der Waals surface area contributed by atoms with Crippen LogP contribution in [0.5, 0.6) is 5.75 Å². The first-order valence-corrected chi connectivity index (χ1v) is 10.0. The average molecular weight is 362 g/mol. The molecule has 1 heterocycles. The average Bonchev–Trinajstić information content (AvgIpc) is 2.67. The Labute approximate surface area is 158 Å². The van der Waals surface area contributed by atoms with Gasteiger partial charge in [-0.15, -0.1) is 0 Å². The summed E-state index contributed by atoms with van der Waals surface area (Å²) in [7, 11) is 2.14. The van der Waals surface area contributed by atoms with Crippen LogP contribution in [-0.4, -0.2) is 57.4 Å². The molecule has 146 valence electrons. The van der Waals surface area contributed by atoms with Crippen LogP contribution in [0.25, 0.3) is 0 Å². The molecule has 0 saturated carbocycles. The van der Waals surface area contributed by atoms with E-state index in [2.05, 4.69) is 42.4 Å². The summed E-state index contributed by atoms with van der Waals surface area (Å²) >= 11 is 0. The molecular formula is C21H35N3O2. The van der Waals surface area contributed by atoms with Crippen molar-refractivity contribution in [2.24, 2.45) is 10.9 Å². The summed E-state index contributed by atoms with van der Waals surface area (Å²) in [6.07, 6.45) is 4.51. The Hall–Kier alpha value is -1.75. The van der Waals surface area contributed by atoms with Crippen molar-refractivity contribution in [2.75, 3.05) is 46.5 Å². The van der Waals surface area contributed by atoms with E-state index >= 15 is 0 Å². The zero-order valence-electron chi connectivity index (χ0n) is 16.7. The second-order valence-electron chi connectivity index (χ2n) is 6.83. The molecule has 0 radical (unpaired) electrons. The Bertz CT molecular complexity index is 542. The van der Waals surface area contributed by atoms with E-state index in [0.717, 1.165) is 56.9 Å². The lowest BCUT2D eigenvalue weighted by Gasteiger charge is -2.26. The number of hydrogen-bond donors (Lipinski definition) is 1. The Morgan fingerprint density at radius 2 is 2.12 bits per heavy atom. The van der Waals surface area contributed by atoms with Crippen molar-refractivity contribution < 1.29 is 9.47 Å². The second kappa shape index (κ2) is 11.8. The number of rotatable bonds is 9. The molecule has 1 aliphatic heterocycles. The monoisotopic (exact) mass is 361 g/mol. The smallest absolute Gasteiger partial charge is 0.193 e. The zero-order valence-corrected chi connectivity index (χ0v) is 16.7. The van der Waals surface area contributed by atoms with Crippen LogP contribution in [0.4, 0.5) is 0 Å². The number of benzene rings is 1. The molecule has 0 unspecified atom stereocenters. The molecule has 0 aliphatic carbocycles. The highest BCUT2D eigenvalue weighted by Crippen LogP contribution is 2.18. The predicted octanol–water partition coefficient (Wildman–Crippen LogP) is 3.34. The number of guanidine groups is 1. The predicted molar refractivity (Wildman–Crippen MR) is 108 cm³/mol. The lowest BCUT2D eigenvalue weighted by atomic mass is 9.96. The van der Waals surface area contributed by atoms with Crippen molar-refractivity contribution in [3.8, 4) is 5.75 Å². The van der Waals surface area contributed by atoms with E-state index in [4.69, 9.17) is 14.5 Å². The van der Waals surface area contributed by atoms with Crippen LogP contribution in [0.15, 0.2) is 29.3 Å². The van der Waals surface area contributed by atoms with Gasteiger partial charge < -0.3 is 19.7 Å². The van der Waals surface area contributed by atoms with E-state index in [1.807, 2.05) is 13.0 Å². The Balaban J connectivity index is 1.83. The van der Waals surface area contributed by atoms with Crippen molar-refractivity contribution in [1.82, 2.24) is 10.2 Å². The summed E-state index contributed by atoms with van der Waals surface area (Å²) in [5.74, 6) is 2.73. The minimum absolute atomic E-state index is 0.699. The number of hydrogen-bond acceptors (Lipinski definition) is 3. The molecule has 26 heavy (non-hydrogen) atoms. The molecule has 0 spiro atoms. The van der Waals surface area contributed by atoms with Crippen LogP contribution in [0.2, 0.25) is 0 Å². The normalized spacial score (nSPS) is 15.7. The van der Waals surface area contributed by atoms with Crippen molar-refractivity contribution in [1.29, 1.82) is 0 Å². The van der Waals surface area contributed by atoms with Gasteiger partial charge in [-0.1, -0.05) is 12.1 Å². The third-order valence-corrected chi connectivity index (χ3v) is 4.78. The number of aliphatic imine (C=N–C) groups is 1. The first kappa shape index (κ1) is 20.6. The van der Waals surface area contributed by atoms with E-state index in [-0.39, 0.29) is 0 Å². The Kier molecular flexibility index (Phi) is 9.32. The molecule has 1 aliphatic rings. The fourth-order valence-electron chi connectivity index (χ4n) is 3.24. The molecule has 5 nitrogen and oxygen atoms in total. The first-order chi connectivity index (χ1) is 12.7. The summed E-state index contributed by atoms with van der Waals surface area (Å²) < 4.78 is 11.0. The van der Waals surface area contributed by atoms with Gasteiger partial charge in [-0.25, -0.2) is 0 Å². The summed E-state index contributed by atoms with van der Waals surface area (Å²) in [6.45, 7) is 9.37. The van der Waals surface area contributed by atoms with Gasteiger partial charge in [0.05, 0.1) is 6.61 Å². The van der Waals surface area contributed by atoms with E-state index in [1.165, 1.54) is 24.8 Å². The molecule has 1 saturated heterocycles. The topological polar surface area (TPSA) is 46.1 Å². The van der Waals surface area contributed by atoms with Crippen molar-refractivity contribution in [2.45, 2.75) is 39.5 Å². The SMILES string of the molecule is CCNC(=NCCc1cccc(OCC)c1)N(C)CCC1CCOCC1. The molecule has 1 aromatic rings. The zero-order chi connectivity index (χ0) is 18.6. The minimum atomic E-state index is 0.699. The quantitative estimate of drug-likeness (QED) is 0.541. The second-order valence-corrected chi connectivity index (χ2v) is 6.83. The molecule has 5 heteroatoms. The minimum Gasteiger partial charge on any atom is -0.494 e. The summed E-state index contributed by atoms with van der Waals surface area (Å²) in [6, 6.07) is 8.31. The maximum absolute atomic E-state index is 5.57. The fourth-order valence-corrected chi connectivity index (χ4v) is 3.24. The number of nitrogens with zero attached hydrogens (tertiary/aromatic N) is 2. The molecular weight excluding hydrogens is 326 g/mol. The number of ether oxygens (including phenoxy) is 2. The van der Waals surface area contributed by atoms with Gasteiger partial charge in [0.15, 0.2) is 5.96 Å². The Morgan fingerprint density at radius 3 is 2.85 bits per heavy atom. The first-order valence-electron chi connectivity index (χ1n) is 10.0. The van der Waals surface area contributed by atoms with Crippen LogP contribution in [0.1, 0.15) is 38.7 Å². The van der Waals surface area contributed by atoms with Crippen molar-refractivity contribution in [3.63, 3.8) is 0 Å². The lowest BCUT2D eigenvalue weighted by molar-refractivity contribution is 0.0625.